The molecule has 0 unspecified atom stereocenters. The molecule has 1 aromatic carbocycles. The zero-order valence-corrected chi connectivity index (χ0v) is 14.1. The number of methoxy groups -OCH3 is 1. The van der Waals surface area contributed by atoms with Crippen molar-refractivity contribution in [1.82, 2.24) is 15.5 Å². The van der Waals surface area contributed by atoms with Crippen LogP contribution in [-0.4, -0.2) is 43.6 Å². The summed E-state index contributed by atoms with van der Waals surface area (Å²) in [5, 5.41) is 5.65. The lowest BCUT2D eigenvalue weighted by atomic mass is 9.94. The maximum atomic E-state index is 12.4. The third-order valence-electron chi connectivity index (χ3n) is 4.55. The van der Waals surface area contributed by atoms with Crippen LogP contribution >= 0.6 is 0 Å². The van der Waals surface area contributed by atoms with E-state index < -0.39 is 12.0 Å². The van der Waals surface area contributed by atoms with Gasteiger partial charge in [-0.05, 0) is 38.4 Å². The fraction of sp³-hybridized carbons (Fsp3) is 0.444. The molecular weight excluding hydrogens is 306 g/mol. The number of hydrogen-bond donors (Lipinski definition) is 2. The first-order valence-electron chi connectivity index (χ1n) is 8.26. The second-order valence-corrected chi connectivity index (χ2v) is 6.31. The summed E-state index contributed by atoms with van der Waals surface area (Å²) in [5.74, 6) is -0.415. The number of urea groups is 1. The Morgan fingerprint density at radius 1 is 1.25 bits per heavy atom. The fourth-order valence-corrected chi connectivity index (χ4v) is 3.27. The first-order chi connectivity index (χ1) is 11.6. The number of carbonyl (C=O) groups excluding carboxylic acids is 2. The van der Waals surface area contributed by atoms with E-state index in [1.807, 2.05) is 31.2 Å². The predicted octanol–water partition coefficient (Wildman–Crippen LogP) is 1.87. The van der Waals surface area contributed by atoms with E-state index in [1.54, 1.807) is 0 Å². The summed E-state index contributed by atoms with van der Waals surface area (Å²) >= 11 is 0. The highest BCUT2D eigenvalue weighted by Crippen LogP contribution is 2.28. The number of rotatable bonds is 4. The summed E-state index contributed by atoms with van der Waals surface area (Å²) in [6, 6.07) is 7.02. The van der Waals surface area contributed by atoms with Gasteiger partial charge < -0.3 is 15.4 Å². The molecule has 2 aliphatic heterocycles. The van der Waals surface area contributed by atoms with Crippen molar-refractivity contribution in [3.63, 3.8) is 0 Å². The van der Waals surface area contributed by atoms with Crippen LogP contribution in [0.25, 0.3) is 0 Å². The lowest BCUT2D eigenvalue weighted by Gasteiger charge is -2.31. The largest absolute Gasteiger partial charge is 0.466 e. The summed E-state index contributed by atoms with van der Waals surface area (Å²) in [7, 11) is 1.37. The first kappa shape index (κ1) is 16.5. The minimum Gasteiger partial charge on any atom is -0.466 e. The Balaban J connectivity index is 1.99. The van der Waals surface area contributed by atoms with Crippen molar-refractivity contribution < 1.29 is 14.3 Å². The normalized spacial score (nSPS) is 21.4. The van der Waals surface area contributed by atoms with Crippen LogP contribution < -0.4 is 10.6 Å². The third-order valence-corrected chi connectivity index (χ3v) is 4.55. The van der Waals surface area contributed by atoms with Gasteiger partial charge in [-0.1, -0.05) is 29.8 Å². The Morgan fingerprint density at radius 2 is 1.92 bits per heavy atom. The molecule has 6 nitrogen and oxygen atoms in total. The molecular formula is C18H23N3O3. The van der Waals surface area contributed by atoms with Crippen LogP contribution in [-0.2, 0) is 9.53 Å². The number of carbonyl (C=O) groups is 2. The molecule has 0 bridgehead atoms. The number of nitrogens with zero attached hydrogens (tertiary/aromatic N) is 1. The van der Waals surface area contributed by atoms with Crippen molar-refractivity contribution in [2.45, 2.75) is 25.8 Å². The number of esters is 1. The van der Waals surface area contributed by atoms with Crippen molar-refractivity contribution in [3.8, 4) is 0 Å². The van der Waals surface area contributed by atoms with E-state index in [2.05, 4.69) is 15.5 Å². The van der Waals surface area contributed by atoms with Crippen molar-refractivity contribution in [1.29, 1.82) is 0 Å². The average Bonchev–Trinajstić information content (AvgIpc) is 3.07. The van der Waals surface area contributed by atoms with Crippen LogP contribution in [0.3, 0.4) is 0 Å². The topological polar surface area (TPSA) is 70.7 Å². The van der Waals surface area contributed by atoms with Crippen LogP contribution in [0, 0.1) is 6.92 Å². The van der Waals surface area contributed by atoms with Gasteiger partial charge in [-0.25, -0.2) is 9.59 Å². The molecule has 2 heterocycles. The number of ether oxygens (including phenoxy) is 1. The Bertz CT molecular complexity index is 661. The smallest absolute Gasteiger partial charge is 0.338 e. The summed E-state index contributed by atoms with van der Waals surface area (Å²) in [4.78, 5) is 26.8. The fourth-order valence-electron chi connectivity index (χ4n) is 3.27. The van der Waals surface area contributed by atoms with Gasteiger partial charge in [-0.3, -0.25) is 4.90 Å². The van der Waals surface area contributed by atoms with Crippen LogP contribution in [0.2, 0.25) is 0 Å². The quantitative estimate of drug-likeness (QED) is 0.828. The molecule has 1 fully saturated rings. The van der Waals surface area contributed by atoms with E-state index >= 15 is 0 Å². The van der Waals surface area contributed by atoms with Gasteiger partial charge in [0, 0.05) is 12.2 Å². The monoisotopic (exact) mass is 329 g/mol. The van der Waals surface area contributed by atoms with Gasteiger partial charge in [0.15, 0.2) is 0 Å². The van der Waals surface area contributed by atoms with Gasteiger partial charge >= 0.3 is 12.0 Å². The van der Waals surface area contributed by atoms with Crippen LogP contribution in [0.1, 0.15) is 30.0 Å². The molecule has 0 aromatic heterocycles. The highest BCUT2D eigenvalue weighted by Gasteiger charge is 2.34. The Labute approximate surface area is 141 Å². The lowest BCUT2D eigenvalue weighted by Crippen LogP contribution is -2.48. The maximum Gasteiger partial charge on any atom is 0.338 e. The molecule has 0 radical (unpaired) electrons. The molecule has 1 aromatic rings. The highest BCUT2D eigenvalue weighted by molar-refractivity contribution is 5.95. The zero-order chi connectivity index (χ0) is 17.1. The highest BCUT2D eigenvalue weighted by atomic mass is 16.5. The molecule has 6 heteroatoms. The first-order valence-corrected chi connectivity index (χ1v) is 8.26. The van der Waals surface area contributed by atoms with Crippen molar-refractivity contribution >= 4 is 12.0 Å². The summed E-state index contributed by atoms with van der Waals surface area (Å²) < 4.78 is 4.99. The number of likely N-dealkylation sites (tertiary alicyclic amines) is 1. The Morgan fingerprint density at radius 3 is 2.54 bits per heavy atom. The van der Waals surface area contributed by atoms with E-state index in [-0.39, 0.29) is 6.03 Å². The van der Waals surface area contributed by atoms with Crippen LogP contribution in [0.4, 0.5) is 4.79 Å². The Hall–Kier alpha value is -2.34. The minimum atomic E-state index is -0.496. The van der Waals surface area contributed by atoms with Gasteiger partial charge in [0.25, 0.3) is 0 Å². The number of amides is 2. The van der Waals surface area contributed by atoms with E-state index in [9.17, 15) is 9.59 Å². The molecule has 1 saturated heterocycles. The van der Waals surface area contributed by atoms with E-state index in [1.165, 1.54) is 7.11 Å². The SMILES string of the molecule is COC(=O)C1=C(CN2CCCC2)NC(=O)N[C@H]1c1ccc(C)cc1. The Kier molecular flexibility index (Phi) is 4.85. The van der Waals surface area contributed by atoms with Crippen molar-refractivity contribution in [3.05, 3.63) is 46.7 Å². The second-order valence-electron chi connectivity index (χ2n) is 6.31. The van der Waals surface area contributed by atoms with E-state index in [0.717, 1.165) is 37.1 Å². The summed E-state index contributed by atoms with van der Waals surface area (Å²) in [6.07, 6.45) is 2.29. The summed E-state index contributed by atoms with van der Waals surface area (Å²) in [5.41, 5.74) is 3.11. The molecule has 0 spiro atoms. The molecule has 2 N–H and O–H groups in total. The average molecular weight is 329 g/mol. The zero-order valence-electron chi connectivity index (χ0n) is 14.1. The molecule has 0 saturated carbocycles. The van der Waals surface area contributed by atoms with Gasteiger partial charge in [0.05, 0.1) is 18.7 Å². The van der Waals surface area contributed by atoms with Crippen LogP contribution in [0.5, 0.6) is 0 Å². The number of nitrogens with one attached hydrogen (secondary N) is 2. The number of hydrogen-bond acceptors (Lipinski definition) is 4. The molecule has 2 aliphatic rings. The van der Waals surface area contributed by atoms with Gasteiger partial charge in [-0.15, -0.1) is 0 Å². The molecule has 0 aliphatic carbocycles. The molecule has 24 heavy (non-hydrogen) atoms. The molecule has 3 rings (SSSR count). The molecule has 2 amide bonds. The van der Waals surface area contributed by atoms with E-state index in [0.29, 0.717) is 17.8 Å². The molecule has 1 atom stereocenters. The van der Waals surface area contributed by atoms with Crippen molar-refractivity contribution in [2.24, 2.45) is 0 Å². The van der Waals surface area contributed by atoms with Crippen molar-refractivity contribution in [2.75, 3.05) is 26.7 Å². The molecule has 128 valence electrons. The number of aryl methyl sites for hydroxylation is 1. The third kappa shape index (κ3) is 3.43. The van der Waals surface area contributed by atoms with Crippen LogP contribution in [0.15, 0.2) is 35.5 Å². The van der Waals surface area contributed by atoms with Gasteiger partial charge in [0.1, 0.15) is 0 Å². The van der Waals surface area contributed by atoms with E-state index in [4.69, 9.17) is 4.74 Å². The lowest BCUT2D eigenvalue weighted by molar-refractivity contribution is -0.136. The summed E-state index contributed by atoms with van der Waals surface area (Å²) in [6.45, 7) is 4.52. The minimum absolute atomic E-state index is 0.289. The van der Waals surface area contributed by atoms with Gasteiger partial charge in [0.2, 0.25) is 0 Å². The standard InChI is InChI=1S/C18H23N3O3/c1-12-5-7-13(8-6-12)16-15(17(22)24-2)14(19-18(23)20-16)11-21-9-3-4-10-21/h5-8,16H,3-4,9-11H2,1-2H3,(H2,19,20,23)/t16-/m0/s1. The second kappa shape index (κ2) is 7.05. The van der Waals surface area contributed by atoms with Gasteiger partial charge in [-0.2, -0.15) is 0 Å². The number of benzene rings is 1. The maximum absolute atomic E-state index is 12.4. The predicted molar refractivity (Wildman–Crippen MR) is 90.3 cm³/mol.